The third-order valence-electron chi connectivity index (χ3n) is 3.54. The normalized spacial score (nSPS) is 15.1. The molecular weight excluding hydrogens is 272 g/mol. The number of methoxy groups -OCH3 is 1. The monoisotopic (exact) mass is 292 g/mol. The molecule has 6 heteroatoms. The molecule has 1 aliphatic heterocycles. The SMILES string of the molecule is COc1cc(/C(C)=N/O)ccc1OCC(=O)N1CCCC1. The lowest BCUT2D eigenvalue weighted by Gasteiger charge is -2.16. The van der Waals surface area contributed by atoms with Crippen molar-refractivity contribution in [2.45, 2.75) is 19.8 Å². The fourth-order valence-electron chi connectivity index (χ4n) is 2.27. The van der Waals surface area contributed by atoms with Gasteiger partial charge in [-0.25, -0.2) is 0 Å². The molecule has 114 valence electrons. The van der Waals surface area contributed by atoms with Crippen molar-refractivity contribution in [2.24, 2.45) is 5.16 Å². The van der Waals surface area contributed by atoms with E-state index in [4.69, 9.17) is 14.7 Å². The number of benzene rings is 1. The lowest BCUT2D eigenvalue weighted by atomic mass is 10.1. The van der Waals surface area contributed by atoms with Gasteiger partial charge in [0.15, 0.2) is 18.1 Å². The molecule has 0 unspecified atom stereocenters. The number of amides is 1. The Bertz CT molecular complexity index is 536. The average molecular weight is 292 g/mol. The summed E-state index contributed by atoms with van der Waals surface area (Å²) in [5, 5.41) is 11.9. The van der Waals surface area contributed by atoms with E-state index in [0.29, 0.717) is 17.2 Å². The van der Waals surface area contributed by atoms with Crippen molar-refractivity contribution in [1.82, 2.24) is 4.90 Å². The fraction of sp³-hybridized carbons (Fsp3) is 0.467. The van der Waals surface area contributed by atoms with Crippen molar-refractivity contribution in [3.8, 4) is 11.5 Å². The Labute approximate surface area is 124 Å². The van der Waals surface area contributed by atoms with E-state index < -0.39 is 0 Å². The van der Waals surface area contributed by atoms with E-state index in [1.54, 1.807) is 25.1 Å². The standard InChI is InChI=1S/C15H20N2O4/c1-11(16-19)12-5-6-13(14(9-12)20-2)21-10-15(18)17-7-3-4-8-17/h5-6,9,19H,3-4,7-8,10H2,1-2H3/b16-11+. The molecule has 1 N–H and O–H groups in total. The van der Waals surface area contributed by atoms with E-state index in [0.717, 1.165) is 31.5 Å². The molecule has 1 heterocycles. The lowest BCUT2D eigenvalue weighted by Crippen LogP contribution is -2.32. The van der Waals surface area contributed by atoms with Gasteiger partial charge in [0.1, 0.15) is 0 Å². The van der Waals surface area contributed by atoms with Crippen LogP contribution in [0, 0.1) is 0 Å². The van der Waals surface area contributed by atoms with Gasteiger partial charge in [0.25, 0.3) is 5.91 Å². The second-order valence-electron chi connectivity index (χ2n) is 4.93. The Morgan fingerprint density at radius 1 is 1.33 bits per heavy atom. The van der Waals surface area contributed by atoms with E-state index >= 15 is 0 Å². The molecule has 0 aliphatic carbocycles. The largest absolute Gasteiger partial charge is 0.493 e. The first-order valence-electron chi connectivity index (χ1n) is 6.93. The van der Waals surface area contributed by atoms with E-state index in [9.17, 15) is 4.79 Å². The van der Waals surface area contributed by atoms with E-state index in [-0.39, 0.29) is 12.5 Å². The van der Waals surface area contributed by atoms with Gasteiger partial charge >= 0.3 is 0 Å². The maximum Gasteiger partial charge on any atom is 0.260 e. The minimum absolute atomic E-state index is 0.00276. The van der Waals surface area contributed by atoms with Crippen LogP contribution in [0.4, 0.5) is 0 Å². The first-order chi connectivity index (χ1) is 10.2. The van der Waals surface area contributed by atoms with Crippen LogP contribution in [0.25, 0.3) is 0 Å². The second-order valence-corrected chi connectivity index (χ2v) is 4.93. The molecule has 1 amide bonds. The highest BCUT2D eigenvalue weighted by atomic mass is 16.5. The molecule has 0 aromatic heterocycles. The minimum atomic E-state index is -0.00766. The van der Waals surface area contributed by atoms with Crippen LogP contribution in [0.15, 0.2) is 23.4 Å². The molecule has 2 rings (SSSR count). The van der Waals surface area contributed by atoms with Crippen molar-refractivity contribution in [1.29, 1.82) is 0 Å². The number of rotatable bonds is 5. The predicted molar refractivity (Wildman–Crippen MR) is 78.3 cm³/mol. The molecule has 21 heavy (non-hydrogen) atoms. The maximum atomic E-state index is 11.9. The second kappa shape index (κ2) is 6.97. The van der Waals surface area contributed by atoms with Gasteiger partial charge in [-0.05, 0) is 38.0 Å². The quantitative estimate of drug-likeness (QED) is 0.511. The van der Waals surface area contributed by atoms with Crippen LogP contribution in [-0.4, -0.2) is 48.5 Å². The highest BCUT2D eigenvalue weighted by Gasteiger charge is 2.19. The summed E-state index contributed by atoms with van der Waals surface area (Å²) >= 11 is 0. The minimum Gasteiger partial charge on any atom is -0.493 e. The molecule has 0 atom stereocenters. The topological polar surface area (TPSA) is 71.4 Å². The van der Waals surface area contributed by atoms with E-state index in [1.165, 1.54) is 7.11 Å². The molecule has 0 spiro atoms. The number of nitrogens with zero attached hydrogens (tertiary/aromatic N) is 2. The third-order valence-corrected chi connectivity index (χ3v) is 3.54. The molecule has 0 bridgehead atoms. The van der Waals surface area contributed by atoms with Gasteiger partial charge in [0.2, 0.25) is 0 Å². The molecule has 0 saturated carbocycles. The summed E-state index contributed by atoms with van der Waals surface area (Å²) < 4.78 is 10.8. The predicted octanol–water partition coefficient (Wildman–Crippen LogP) is 1.89. The number of oxime groups is 1. The van der Waals surface area contributed by atoms with Crippen molar-refractivity contribution < 1.29 is 19.5 Å². The van der Waals surface area contributed by atoms with E-state index in [1.807, 2.05) is 4.90 Å². The van der Waals surface area contributed by atoms with Crippen LogP contribution >= 0.6 is 0 Å². The summed E-state index contributed by atoms with van der Waals surface area (Å²) in [7, 11) is 1.53. The van der Waals surface area contributed by atoms with Crippen LogP contribution in [0.3, 0.4) is 0 Å². The Kier molecular flexibility index (Phi) is 5.03. The number of carbonyl (C=O) groups is 1. The first kappa shape index (κ1) is 15.2. The lowest BCUT2D eigenvalue weighted by molar-refractivity contribution is -0.132. The molecule has 1 aliphatic rings. The fourth-order valence-corrected chi connectivity index (χ4v) is 2.27. The zero-order valence-corrected chi connectivity index (χ0v) is 12.3. The van der Waals surface area contributed by atoms with Crippen molar-refractivity contribution in [2.75, 3.05) is 26.8 Å². The summed E-state index contributed by atoms with van der Waals surface area (Å²) in [6, 6.07) is 5.18. The molecule has 1 aromatic carbocycles. The van der Waals surface area contributed by atoms with Crippen LogP contribution < -0.4 is 9.47 Å². The number of likely N-dealkylation sites (tertiary alicyclic amines) is 1. The maximum absolute atomic E-state index is 11.9. The summed E-state index contributed by atoms with van der Waals surface area (Å²) in [4.78, 5) is 13.8. The highest BCUT2D eigenvalue weighted by molar-refractivity contribution is 5.98. The molecule has 1 aromatic rings. The van der Waals surface area contributed by atoms with Crippen LogP contribution in [0.1, 0.15) is 25.3 Å². The third kappa shape index (κ3) is 3.65. The zero-order valence-electron chi connectivity index (χ0n) is 12.3. The highest BCUT2D eigenvalue weighted by Crippen LogP contribution is 2.28. The van der Waals surface area contributed by atoms with Gasteiger partial charge in [-0.1, -0.05) is 5.16 Å². The Balaban J connectivity index is 2.04. The number of hydrogen-bond donors (Lipinski definition) is 1. The summed E-state index contributed by atoms with van der Waals surface area (Å²) in [5.74, 6) is 0.996. The van der Waals surface area contributed by atoms with Crippen molar-refractivity contribution in [3.63, 3.8) is 0 Å². The number of ether oxygens (including phenoxy) is 2. The summed E-state index contributed by atoms with van der Waals surface area (Å²) in [6.07, 6.45) is 2.12. The zero-order chi connectivity index (χ0) is 15.2. The summed E-state index contributed by atoms with van der Waals surface area (Å²) in [5.41, 5.74) is 1.21. The molecule has 1 fully saturated rings. The van der Waals surface area contributed by atoms with Gasteiger partial charge < -0.3 is 19.6 Å². The van der Waals surface area contributed by atoms with Crippen LogP contribution in [0.2, 0.25) is 0 Å². The van der Waals surface area contributed by atoms with Gasteiger partial charge in [-0.3, -0.25) is 4.79 Å². The van der Waals surface area contributed by atoms with Gasteiger partial charge in [0.05, 0.1) is 12.8 Å². The van der Waals surface area contributed by atoms with Gasteiger partial charge in [-0.15, -0.1) is 0 Å². The smallest absolute Gasteiger partial charge is 0.260 e. The Morgan fingerprint density at radius 2 is 2.05 bits per heavy atom. The molecule has 0 radical (unpaired) electrons. The average Bonchev–Trinajstić information content (AvgIpc) is 3.06. The summed E-state index contributed by atoms with van der Waals surface area (Å²) in [6.45, 7) is 3.31. The molecule has 6 nitrogen and oxygen atoms in total. The van der Waals surface area contributed by atoms with Gasteiger partial charge in [-0.2, -0.15) is 0 Å². The molecule has 1 saturated heterocycles. The number of hydrogen-bond acceptors (Lipinski definition) is 5. The first-order valence-corrected chi connectivity index (χ1v) is 6.93. The van der Waals surface area contributed by atoms with Crippen molar-refractivity contribution in [3.05, 3.63) is 23.8 Å². The van der Waals surface area contributed by atoms with Crippen LogP contribution in [-0.2, 0) is 4.79 Å². The molecular formula is C15H20N2O4. The Morgan fingerprint density at radius 3 is 2.67 bits per heavy atom. The van der Waals surface area contributed by atoms with E-state index in [2.05, 4.69) is 5.16 Å². The Hall–Kier alpha value is -2.24. The van der Waals surface area contributed by atoms with Gasteiger partial charge in [0, 0.05) is 18.7 Å². The van der Waals surface area contributed by atoms with Crippen molar-refractivity contribution >= 4 is 11.6 Å². The number of carbonyl (C=O) groups excluding carboxylic acids is 1. The van der Waals surface area contributed by atoms with Crippen LogP contribution in [0.5, 0.6) is 11.5 Å².